The van der Waals surface area contributed by atoms with Crippen molar-refractivity contribution in [3.05, 3.63) is 0 Å². The van der Waals surface area contributed by atoms with Crippen molar-refractivity contribution in [3.63, 3.8) is 0 Å². The Morgan fingerprint density at radius 1 is 1.36 bits per heavy atom. The summed E-state index contributed by atoms with van der Waals surface area (Å²) in [6.07, 6.45) is 4.12. The van der Waals surface area contributed by atoms with Crippen LogP contribution >= 0.6 is 0 Å². The maximum Gasteiger partial charge on any atom is 0.0144 e. The molecule has 0 bridgehead atoms. The molecule has 0 saturated carbocycles. The molecule has 1 saturated heterocycles. The van der Waals surface area contributed by atoms with Gasteiger partial charge in [-0.25, -0.2) is 0 Å². The van der Waals surface area contributed by atoms with E-state index in [4.69, 9.17) is 0 Å². The van der Waals surface area contributed by atoms with Crippen molar-refractivity contribution >= 4 is 0 Å². The van der Waals surface area contributed by atoms with E-state index in [2.05, 4.69) is 39.5 Å². The fraction of sp³-hybridized carbons (Fsp3) is 1.00. The number of rotatable bonds is 3. The number of nitrogens with zero attached hydrogens (tertiary/aromatic N) is 1. The molecule has 2 atom stereocenters. The molecule has 84 valence electrons. The molecule has 1 rings (SSSR count). The molecule has 0 amide bonds. The largest absolute Gasteiger partial charge is 0.300 e. The molecular weight excluding hydrogens is 170 g/mol. The second kappa shape index (κ2) is 4.65. The van der Waals surface area contributed by atoms with Crippen molar-refractivity contribution in [2.24, 2.45) is 11.3 Å². The van der Waals surface area contributed by atoms with Crippen LogP contribution in [-0.4, -0.2) is 24.0 Å². The van der Waals surface area contributed by atoms with Crippen LogP contribution in [0.3, 0.4) is 0 Å². The minimum atomic E-state index is 0.462. The summed E-state index contributed by atoms with van der Waals surface area (Å²) in [4.78, 5) is 2.72. The Labute approximate surface area is 89.9 Å². The Morgan fingerprint density at radius 2 is 2.00 bits per heavy atom. The lowest BCUT2D eigenvalue weighted by Crippen LogP contribution is -2.41. The van der Waals surface area contributed by atoms with Crippen LogP contribution in [0, 0.1) is 11.3 Å². The van der Waals surface area contributed by atoms with E-state index in [-0.39, 0.29) is 0 Å². The van der Waals surface area contributed by atoms with Crippen LogP contribution in [0.5, 0.6) is 0 Å². The van der Waals surface area contributed by atoms with Crippen LogP contribution in [0.4, 0.5) is 0 Å². The van der Waals surface area contributed by atoms with Gasteiger partial charge >= 0.3 is 0 Å². The summed E-state index contributed by atoms with van der Waals surface area (Å²) in [6.45, 7) is 14.4. The second-order valence-electron chi connectivity index (χ2n) is 6.03. The molecule has 2 unspecified atom stereocenters. The van der Waals surface area contributed by atoms with Gasteiger partial charge in [0.15, 0.2) is 0 Å². The molecule has 0 N–H and O–H groups in total. The monoisotopic (exact) mass is 197 g/mol. The highest BCUT2D eigenvalue weighted by molar-refractivity contribution is 4.88. The Balaban J connectivity index is 2.51. The van der Waals surface area contributed by atoms with E-state index in [1.165, 1.54) is 32.4 Å². The number of hydrogen-bond acceptors (Lipinski definition) is 1. The highest BCUT2D eigenvalue weighted by Crippen LogP contribution is 2.33. The summed E-state index contributed by atoms with van der Waals surface area (Å²) in [5.74, 6) is 0.859. The summed E-state index contributed by atoms with van der Waals surface area (Å²) < 4.78 is 0. The zero-order valence-electron chi connectivity index (χ0n) is 10.6. The zero-order valence-corrected chi connectivity index (χ0v) is 10.6. The van der Waals surface area contributed by atoms with Crippen LogP contribution in [0.2, 0.25) is 0 Å². The van der Waals surface area contributed by atoms with Crippen molar-refractivity contribution < 1.29 is 0 Å². The first kappa shape index (κ1) is 12.0. The topological polar surface area (TPSA) is 3.24 Å². The normalized spacial score (nSPS) is 26.8. The van der Waals surface area contributed by atoms with Gasteiger partial charge in [-0.1, -0.05) is 41.0 Å². The molecule has 0 aromatic rings. The predicted octanol–water partition coefficient (Wildman–Crippen LogP) is 3.54. The molecule has 14 heavy (non-hydrogen) atoms. The average molecular weight is 197 g/mol. The van der Waals surface area contributed by atoms with Gasteiger partial charge in [0.25, 0.3) is 0 Å². The Morgan fingerprint density at radius 3 is 2.50 bits per heavy atom. The van der Waals surface area contributed by atoms with Crippen molar-refractivity contribution in [1.82, 2.24) is 4.90 Å². The molecule has 0 aliphatic carbocycles. The van der Waals surface area contributed by atoms with Gasteiger partial charge in [0.05, 0.1) is 0 Å². The fourth-order valence-electron chi connectivity index (χ4n) is 2.55. The van der Waals surface area contributed by atoms with Crippen molar-refractivity contribution in [1.29, 1.82) is 0 Å². The van der Waals surface area contributed by atoms with Gasteiger partial charge in [0, 0.05) is 12.6 Å². The molecule has 0 radical (unpaired) electrons. The highest BCUT2D eigenvalue weighted by atomic mass is 15.2. The maximum atomic E-state index is 2.72. The van der Waals surface area contributed by atoms with Crippen molar-refractivity contribution in [3.8, 4) is 0 Å². The molecule has 1 nitrogen and oxygen atoms in total. The summed E-state index contributed by atoms with van der Waals surface area (Å²) >= 11 is 0. The summed E-state index contributed by atoms with van der Waals surface area (Å²) in [7, 11) is 0. The molecule has 1 heteroatoms. The minimum absolute atomic E-state index is 0.462. The van der Waals surface area contributed by atoms with Gasteiger partial charge in [-0.15, -0.1) is 0 Å². The van der Waals surface area contributed by atoms with E-state index in [9.17, 15) is 0 Å². The van der Waals surface area contributed by atoms with E-state index < -0.39 is 0 Å². The lowest BCUT2D eigenvalue weighted by atomic mass is 9.85. The number of hydrogen-bond donors (Lipinski definition) is 0. The molecular formula is C13H27N. The third-order valence-corrected chi connectivity index (χ3v) is 3.61. The van der Waals surface area contributed by atoms with E-state index in [1.54, 1.807) is 0 Å². The van der Waals surface area contributed by atoms with E-state index >= 15 is 0 Å². The third-order valence-electron chi connectivity index (χ3n) is 3.61. The fourth-order valence-corrected chi connectivity index (χ4v) is 2.55. The van der Waals surface area contributed by atoms with Gasteiger partial charge in [0.1, 0.15) is 0 Å². The Bertz CT molecular complexity index is 169. The van der Waals surface area contributed by atoms with Gasteiger partial charge in [0.2, 0.25) is 0 Å². The summed E-state index contributed by atoms with van der Waals surface area (Å²) in [5.41, 5.74) is 0.462. The van der Waals surface area contributed by atoms with Gasteiger partial charge in [-0.2, -0.15) is 0 Å². The van der Waals surface area contributed by atoms with Gasteiger partial charge in [-0.3, -0.25) is 4.90 Å². The quantitative estimate of drug-likeness (QED) is 0.669. The predicted molar refractivity (Wildman–Crippen MR) is 63.5 cm³/mol. The first-order valence-corrected chi connectivity index (χ1v) is 6.19. The Kier molecular flexibility index (Phi) is 4.00. The van der Waals surface area contributed by atoms with E-state index in [0.717, 1.165) is 12.0 Å². The average Bonchev–Trinajstić information content (AvgIpc) is 2.51. The van der Waals surface area contributed by atoms with Gasteiger partial charge < -0.3 is 0 Å². The third kappa shape index (κ3) is 2.98. The Hall–Kier alpha value is -0.0400. The van der Waals surface area contributed by atoms with Crippen LogP contribution in [0.1, 0.15) is 53.9 Å². The lowest BCUT2D eigenvalue weighted by molar-refractivity contribution is 0.124. The van der Waals surface area contributed by atoms with Crippen LogP contribution in [0.15, 0.2) is 0 Å². The summed E-state index contributed by atoms with van der Waals surface area (Å²) in [5, 5.41) is 0. The molecule has 0 spiro atoms. The van der Waals surface area contributed by atoms with Crippen LogP contribution in [0.25, 0.3) is 0 Å². The van der Waals surface area contributed by atoms with Crippen LogP contribution < -0.4 is 0 Å². The van der Waals surface area contributed by atoms with Crippen molar-refractivity contribution in [2.45, 2.75) is 59.9 Å². The molecule has 1 heterocycles. The lowest BCUT2D eigenvalue weighted by Gasteiger charge is -2.36. The zero-order chi connectivity index (χ0) is 10.8. The van der Waals surface area contributed by atoms with Crippen LogP contribution in [-0.2, 0) is 0 Å². The van der Waals surface area contributed by atoms with E-state index in [0.29, 0.717) is 5.41 Å². The molecule has 1 fully saturated rings. The first-order valence-electron chi connectivity index (χ1n) is 6.19. The SMILES string of the molecule is CCC(C)CN1CCCC1C(C)(C)C. The maximum absolute atomic E-state index is 2.72. The standard InChI is InChI=1S/C13H27N/c1-6-11(2)10-14-9-7-8-12(14)13(3,4)5/h11-12H,6-10H2,1-5H3. The molecule has 1 aliphatic heterocycles. The smallest absolute Gasteiger partial charge is 0.0144 e. The summed E-state index contributed by atoms with van der Waals surface area (Å²) in [6, 6.07) is 0.816. The first-order chi connectivity index (χ1) is 6.45. The molecule has 0 aromatic heterocycles. The minimum Gasteiger partial charge on any atom is -0.300 e. The molecule has 0 aromatic carbocycles. The molecule has 1 aliphatic rings. The van der Waals surface area contributed by atoms with E-state index in [1.807, 2.05) is 0 Å². The second-order valence-corrected chi connectivity index (χ2v) is 6.03. The number of likely N-dealkylation sites (tertiary alicyclic amines) is 1. The van der Waals surface area contributed by atoms with Crippen molar-refractivity contribution in [2.75, 3.05) is 13.1 Å². The highest BCUT2D eigenvalue weighted by Gasteiger charge is 2.34. The van der Waals surface area contributed by atoms with Gasteiger partial charge in [-0.05, 0) is 30.7 Å².